The molecule has 5 nitrogen and oxygen atoms in total. The molecule has 0 bridgehead atoms. The summed E-state index contributed by atoms with van der Waals surface area (Å²) < 4.78 is 0. The first-order valence-corrected chi connectivity index (χ1v) is 10.8. The monoisotopic (exact) mass is 409 g/mol. The molecule has 0 radical (unpaired) electrons. The Labute approximate surface area is 176 Å². The van der Waals surface area contributed by atoms with Crippen LogP contribution in [0.5, 0.6) is 0 Å². The number of rotatable bonds is 7. The van der Waals surface area contributed by atoms with E-state index < -0.39 is 0 Å². The van der Waals surface area contributed by atoms with Crippen molar-refractivity contribution in [2.24, 2.45) is 4.99 Å². The number of carbonyl (C=O) groups is 2. The topological polar surface area (TPSA) is 61.8 Å². The zero-order valence-electron chi connectivity index (χ0n) is 17.1. The van der Waals surface area contributed by atoms with Gasteiger partial charge in [-0.2, -0.15) is 0 Å². The van der Waals surface area contributed by atoms with Crippen molar-refractivity contribution in [3.8, 4) is 0 Å². The number of thioether (sulfide) groups is 1. The smallest absolute Gasteiger partial charge is 0.254 e. The number of amidine groups is 1. The summed E-state index contributed by atoms with van der Waals surface area (Å²) in [6.45, 7) is 6.70. The molecule has 0 fully saturated rings. The molecule has 0 unspecified atom stereocenters. The van der Waals surface area contributed by atoms with E-state index in [4.69, 9.17) is 0 Å². The highest BCUT2D eigenvalue weighted by atomic mass is 32.2. The van der Waals surface area contributed by atoms with E-state index in [1.807, 2.05) is 56.3 Å². The molecule has 2 aromatic rings. The molecule has 6 heteroatoms. The number of aliphatic imine (C=N–C) groups is 1. The molecule has 1 N–H and O–H groups in total. The Kier molecular flexibility index (Phi) is 7.09. The van der Waals surface area contributed by atoms with Crippen molar-refractivity contribution in [1.82, 2.24) is 5.32 Å². The van der Waals surface area contributed by atoms with Crippen molar-refractivity contribution in [3.05, 3.63) is 65.7 Å². The number of hydrogen-bond donors (Lipinski definition) is 1. The molecule has 0 aromatic heterocycles. The third-order valence-corrected chi connectivity index (χ3v) is 6.11. The van der Waals surface area contributed by atoms with Crippen LogP contribution in [-0.4, -0.2) is 35.3 Å². The van der Waals surface area contributed by atoms with Crippen LogP contribution < -0.4 is 10.2 Å². The number of amides is 2. The number of aryl methyl sites for hydroxylation is 1. The van der Waals surface area contributed by atoms with E-state index in [2.05, 4.69) is 29.4 Å². The molecular weight excluding hydrogens is 382 g/mol. The Morgan fingerprint density at radius 1 is 1.17 bits per heavy atom. The highest BCUT2D eigenvalue weighted by molar-refractivity contribution is 8.15. The summed E-state index contributed by atoms with van der Waals surface area (Å²) in [6.07, 6.45) is 0.953. The predicted octanol–water partition coefficient (Wildman–Crippen LogP) is 4.13. The normalized spacial score (nSPS) is 15.8. The average molecular weight is 410 g/mol. The molecule has 152 valence electrons. The first-order chi connectivity index (χ1) is 14.0. The van der Waals surface area contributed by atoms with Crippen LogP contribution in [0.2, 0.25) is 0 Å². The Morgan fingerprint density at radius 3 is 2.52 bits per heavy atom. The molecule has 1 aliphatic heterocycles. The van der Waals surface area contributed by atoms with Gasteiger partial charge in [-0.25, -0.2) is 0 Å². The third kappa shape index (κ3) is 5.26. The minimum atomic E-state index is -0.346. The summed E-state index contributed by atoms with van der Waals surface area (Å²) in [6, 6.07) is 18.0. The standard InChI is InChI=1S/C23H27N3O2S/c1-4-18(19-8-6-5-7-9-19)14-24-22(28)17(3)29-23-25-15-21(27)26(23)20-12-10-16(2)11-13-20/h5-13,17-18H,4,14-15H2,1-3H3,(H,24,28)/t17-,18-/m0/s1. The number of anilines is 1. The van der Waals surface area contributed by atoms with Crippen molar-refractivity contribution in [3.63, 3.8) is 0 Å². The van der Waals surface area contributed by atoms with E-state index in [0.717, 1.165) is 17.7 Å². The number of benzene rings is 2. The summed E-state index contributed by atoms with van der Waals surface area (Å²) in [4.78, 5) is 30.9. The molecule has 29 heavy (non-hydrogen) atoms. The number of hydrogen-bond acceptors (Lipinski definition) is 4. The summed E-state index contributed by atoms with van der Waals surface area (Å²) >= 11 is 1.32. The maximum atomic E-state index is 12.7. The fraction of sp³-hybridized carbons (Fsp3) is 0.348. The molecule has 2 amide bonds. The molecular formula is C23H27N3O2S. The van der Waals surface area contributed by atoms with E-state index in [-0.39, 0.29) is 29.5 Å². The lowest BCUT2D eigenvalue weighted by Gasteiger charge is -2.21. The highest BCUT2D eigenvalue weighted by Gasteiger charge is 2.30. The van der Waals surface area contributed by atoms with Crippen molar-refractivity contribution < 1.29 is 9.59 Å². The van der Waals surface area contributed by atoms with Crippen molar-refractivity contribution >= 4 is 34.4 Å². The first-order valence-electron chi connectivity index (χ1n) is 9.93. The molecule has 0 aliphatic carbocycles. The lowest BCUT2D eigenvalue weighted by Crippen LogP contribution is -2.37. The minimum Gasteiger partial charge on any atom is -0.355 e. The van der Waals surface area contributed by atoms with Crippen LogP contribution in [0, 0.1) is 6.92 Å². The van der Waals surface area contributed by atoms with E-state index in [0.29, 0.717) is 11.7 Å². The Balaban J connectivity index is 1.60. The van der Waals surface area contributed by atoms with E-state index in [1.165, 1.54) is 17.3 Å². The van der Waals surface area contributed by atoms with Crippen LogP contribution in [0.4, 0.5) is 5.69 Å². The lowest BCUT2D eigenvalue weighted by atomic mass is 9.96. The van der Waals surface area contributed by atoms with Gasteiger partial charge in [0.2, 0.25) is 5.91 Å². The van der Waals surface area contributed by atoms with E-state index in [9.17, 15) is 9.59 Å². The zero-order chi connectivity index (χ0) is 20.8. The quantitative estimate of drug-likeness (QED) is 0.748. The van der Waals surface area contributed by atoms with Gasteiger partial charge < -0.3 is 5.32 Å². The fourth-order valence-electron chi connectivity index (χ4n) is 3.22. The Hall–Kier alpha value is -2.60. The van der Waals surface area contributed by atoms with E-state index >= 15 is 0 Å². The molecule has 0 saturated carbocycles. The summed E-state index contributed by atoms with van der Waals surface area (Å²) in [5, 5.41) is 3.29. The Bertz CT molecular complexity index is 881. The van der Waals surface area contributed by atoms with Crippen LogP contribution in [0.3, 0.4) is 0 Å². The van der Waals surface area contributed by atoms with Crippen LogP contribution in [0.25, 0.3) is 0 Å². The SMILES string of the molecule is CC[C@@H](CNC(=O)[C@H](C)SC1=NCC(=O)N1c1ccc(C)cc1)c1ccccc1. The van der Waals surface area contributed by atoms with Gasteiger partial charge in [-0.05, 0) is 38.0 Å². The number of carbonyl (C=O) groups excluding carboxylic acids is 2. The second kappa shape index (κ2) is 9.74. The van der Waals surface area contributed by atoms with Crippen molar-refractivity contribution in [2.45, 2.75) is 38.4 Å². The third-order valence-electron chi connectivity index (χ3n) is 5.02. The number of nitrogens with one attached hydrogen (secondary N) is 1. The van der Waals surface area contributed by atoms with Crippen LogP contribution >= 0.6 is 11.8 Å². The summed E-state index contributed by atoms with van der Waals surface area (Å²) in [5.74, 6) is 0.168. The van der Waals surface area contributed by atoms with Gasteiger partial charge in [-0.3, -0.25) is 19.5 Å². The average Bonchev–Trinajstić information content (AvgIpc) is 3.09. The molecule has 0 spiro atoms. The van der Waals surface area contributed by atoms with Crippen molar-refractivity contribution in [1.29, 1.82) is 0 Å². The van der Waals surface area contributed by atoms with Gasteiger partial charge in [0.1, 0.15) is 6.54 Å². The van der Waals surface area contributed by atoms with Gasteiger partial charge in [0.25, 0.3) is 5.91 Å². The van der Waals surface area contributed by atoms with Gasteiger partial charge in [0.15, 0.2) is 5.17 Å². The largest absolute Gasteiger partial charge is 0.355 e. The zero-order valence-corrected chi connectivity index (χ0v) is 17.9. The van der Waals surface area contributed by atoms with Gasteiger partial charge >= 0.3 is 0 Å². The maximum absolute atomic E-state index is 12.7. The van der Waals surface area contributed by atoms with Gasteiger partial charge in [-0.15, -0.1) is 0 Å². The molecule has 1 heterocycles. The highest BCUT2D eigenvalue weighted by Crippen LogP contribution is 2.27. The van der Waals surface area contributed by atoms with Crippen molar-refractivity contribution in [2.75, 3.05) is 18.0 Å². The molecule has 2 atom stereocenters. The summed E-state index contributed by atoms with van der Waals surface area (Å²) in [5.41, 5.74) is 3.14. The predicted molar refractivity (Wildman–Crippen MR) is 121 cm³/mol. The fourth-order valence-corrected chi connectivity index (χ4v) is 4.18. The molecule has 1 aliphatic rings. The molecule has 2 aromatic carbocycles. The van der Waals surface area contributed by atoms with Gasteiger partial charge in [-0.1, -0.05) is 66.7 Å². The minimum absolute atomic E-state index is 0.0460. The molecule has 0 saturated heterocycles. The first kappa shape index (κ1) is 21.1. The Morgan fingerprint density at radius 2 is 1.86 bits per heavy atom. The van der Waals surface area contributed by atoms with Crippen LogP contribution in [0.15, 0.2) is 59.6 Å². The van der Waals surface area contributed by atoms with Crippen LogP contribution in [0.1, 0.15) is 37.3 Å². The second-order valence-electron chi connectivity index (χ2n) is 7.18. The van der Waals surface area contributed by atoms with Gasteiger partial charge in [0.05, 0.1) is 10.9 Å². The maximum Gasteiger partial charge on any atom is 0.254 e. The molecule has 3 rings (SSSR count). The van der Waals surface area contributed by atoms with Crippen LogP contribution in [-0.2, 0) is 9.59 Å². The van der Waals surface area contributed by atoms with E-state index in [1.54, 1.807) is 4.90 Å². The second-order valence-corrected chi connectivity index (χ2v) is 8.49. The van der Waals surface area contributed by atoms with Gasteiger partial charge in [0, 0.05) is 12.5 Å². The number of nitrogens with zero attached hydrogens (tertiary/aromatic N) is 2. The summed E-state index contributed by atoms with van der Waals surface area (Å²) in [7, 11) is 0. The lowest BCUT2D eigenvalue weighted by molar-refractivity contribution is -0.120.